The third kappa shape index (κ3) is 9.96. The number of urea groups is 1. The molecule has 4 aliphatic rings. The molecule has 3 aliphatic carbocycles. The number of allylic oxidation sites excluding steroid dienone is 1. The van der Waals surface area contributed by atoms with E-state index >= 15 is 0 Å². The van der Waals surface area contributed by atoms with Gasteiger partial charge in [-0.3, -0.25) is 19.2 Å². The van der Waals surface area contributed by atoms with Crippen LogP contribution in [0.5, 0.6) is 0 Å². The predicted molar refractivity (Wildman–Crippen MR) is 172 cm³/mol. The van der Waals surface area contributed by atoms with E-state index < -0.39 is 35.7 Å². The lowest BCUT2D eigenvalue weighted by Crippen LogP contribution is -2.59. The summed E-state index contributed by atoms with van der Waals surface area (Å²) in [5.41, 5.74) is 0. The summed E-state index contributed by atoms with van der Waals surface area (Å²) in [6, 6.07) is -2.63. The van der Waals surface area contributed by atoms with Crippen LogP contribution in [0.1, 0.15) is 83.5 Å². The average Bonchev–Trinajstić information content (AvgIpc) is 3.79. The van der Waals surface area contributed by atoms with E-state index in [1.807, 2.05) is 0 Å². The number of halogens is 2. The fourth-order valence-corrected chi connectivity index (χ4v) is 7.33. The van der Waals surface area contributed by atoms with E-state index in [2.05, 4.69) is 34.4 Å². The molecule has 4 fully saturated rings. The zero-order valence-corrected chi connectivity index (χ0v) is 27.2. The Morgan fingerprint density at radius 2 is 1.61 bits per heavy atom. The van der Waals surface area contributed by atoms with Crippen LogP contribution < -0.4 is 21.3 Å². The molecule has 0 radical (unpaired) electrons. The van der Waals surface area contributed by atoms with Crippen LogP contribution in [0.2, 0.25) is 0 Å². The van der Waals surface area contributed by atoms with Gasteiger partial charge in [0.25, 0.3) is 5.91 Å². The minimum Gasteiger partial charge on any atom is -0.346 e. The molecule has 4 rings (SSSR count). The van der Waals surface area contributed by atoms with Crippen LogP contribution in [0.25, 0.3) is 0 Å². The number of alkyl halides is 2. The van der Waals surface area contributed by atoms with Crippen LogP contribution >= 0.6 is 23.2 Å². The third-order valence-electron chi connectivity index (χ3n) is 9.49. The van der Waals surface area contributed by atoms with Crippen molar-refractivity contribution >= 4 is 52.7 Å². The molecule has 0 spiro atoms. The first-order valence-electron chi connectivity index (χ1n) is 16.1. The van der Waals surface area contributed by atoms with Crippen LogP contribution in [-0.4, -0.2) is 77.0 Å². The topological polar surface area (TPSA) is 137 Å². The summed E-state index contributed by atoms with van der Waals surface area (Å²) >= 11 is 9.53. The zero-order chi connectivity index (χ0) is 32.1. The Morgan fingerprint density at radius 3 is 2.23 bits per heavy atom. The van der Waals surface area contributed by atoms with Crippen molar-refractivity contribution in [3.8, 4) is 0 Å². The van der Waals surface area contributed by atoms with Gasteiger partial charge in [-0.2, -0.15) is 0 Å². The molecular formula is C32H49Cl2N5O5. The molecule has 1 saturated heterocycles. The molecule has 5 amide bonds. The minimum atomic E-state index is -1.03. The van der Waals surface area contributed by atoms with Gasteiger partial charge in [0.05, 0.1) is 11.4 Å². The van der Waals surface area contributed by atoms with E-state index in [9.17, 15) is 24.0 Å². The fraction of sp³-hybridized carbons (Fsp3) is 0.719. The van der Waals surface area contributed by atoms with Gasteiger partial charge in [0.2, 0.25) is 17.6 Å². The maximum Gasteiger partial charge on any atom is 0.315 e. The summed E-state index contributed by atoms with van der Waals surface area (Å²) in [5, 5.41) is 11.6. The first-order chi connectivity index (χ1) is 21.2. The fourth-order valence-electron chi connectivity index (χ4n) is 7.33. The van der Waals surface area contributed by atoms with Gasteiger partial charge in [0, 0.05) is 19.1 Å². The predicted octanol–water partition coefficient (Wildman–Crippen LogP) is 4.16. The standard InChI is InChI=1S/C31H47N5O5.CH2Cl2/c1-3-5-12-23(27(37)29(39)32-16-4-2)33-28(38)25-13-9-17-36(25)30(40)26(21-10-7-6-8-11-21)35-31(41)34-24-19-20-14-15-22(24)18-20;2-1-3/h3-4,20-26H,1-2,5-19H2,(H,32,39)(H,33,38)(H2,34,35,41);1H2. The molecule has 1 aliphatic heterocycles. The third-order valence-corrected chi connectivity index (χ3v) is 9.49. The first-order valence-corrected chi connectivity index (χ1v) is 17.1. The van der Waals surface area contributed by atoms with Crippen LogP contribution in [0.4, 0.5) is 4.79 Å². The first kappa shape index (κ1) is 35.9. The Bertz CT molecular complexity index is 1040. The highest BCUT2D eigenvalue weighted by Crippen LogP contribution is 2.44. The lowest BCUT2D eigenvalue weighted by atomic mass is 9.83. The van der Waals surface area contributed by atoms with Crippen molar-refractivity contribution in [3.63, 3.8) is 0 Å². The number of likely N-dealkylation sites (tertiary alicyclic amines) is 1. The highest BCUT2D eigenvalue weighted by molar-refractivity contribution is 6.40. The lowest BCUT2D eigenvalue weighted by Gasteiger charge is -2.35. The van der Waals surface area contributed by atoms with Crippen molar-refractivity contribution in [2.24, 2.45) is 17.8 Å². The number of ketones is 1. The number of fused-ring (bicyclic) bond motifs is 2. The number of nitrogens with one attached hydrogen (secondary N) is 4. The second-order valence-corrected chi connectivity index (χ2v) is 13.2. The van der Waals surface area contributed by atoms with Crippen molar-refractivity contribution in [1.29, 1.82) is 0 Å². The van der Waals surface area contributed by atoms with Crippen molar-refractivity contribution in [3.05, 3.63) is 25.3 Å². The van der Waals surface area contributed by atoms with E-state index in [4.69, 9.17) is 23.2 Å². The van der Waals surface area contributed by atoms with E-state index in [1.54, 1.807) is 11.0 Å². The number of Topliss-reactive ketones (excluding diaryl/α,β-unsaturated/α-hetero) is 1. The van der Waals surface area contributed by atoms with Gasteiger partial charge in [0.1, 0.15) is 12.1 Å². The van der Waals surface area contributed by atoms with E-state index in [0.717, 1.165) is 44.9 Å². The van der Waals surface area contributed by atoms with Crippen molar-refractivity contribution in [1.82, 2.24) is 26.2 Å². The summed E-state index contributed by atoms with van der Waals surface area (Å²) < 4.78 is 0. The molecule has 6 atom stereocenters. The highest BCUT2D eigenvalue weighted by Gasteiger charge is 2.43. The molecule has 0 aromatic rings. The van der Waals surface area contributed by atoms with Crippen molar-refractivity contribution in [2.45, 2.75) is 108 Å². The van der Waals surface area contributed by atoms with E-state index in [1.165, 1.54) is 18.9 Å². The number of carbonyl (C=O) groups excluding carboxylic acids is 5. The summed E-state index contributed by atoms with van der Waals surface area (Å²) in [5.74, 6) is -0.989. The quantitative estimate of drug-likeness (QED) is 0.134. The van der Waals surface area contributed by atoms with Gasteiger partial charge >= 0.3 is 6.03 Å². The maximum atomic E-state index is 14.0. The number of rotatable bonds is 13. The molecule has 0 aromatic carbocycles. The monoisotopic (exact) mass is 653 g/mol. The van der Waals surface area contributed by atoms with Gasteiger partial charge in [0.15, 0.2) is 0 Å². The van der Waals surface area contributed by atoms with Crippen molar-refractivity contribution < 1.29 is 24.0 Å². The van der Waals surface area contributed by atoms with Crippen LogP contribution in [0, 0.1) is 17.8 Å². The Labute approximate surface area is 271 Å². The van der Waals surface area contributed by atoms with Crippen molar-refractivity contribution in [2.75, 3.05) is 18.4 Å². The lowest BCUT2D eigenvalue weighted by molar-refractivity contribution is -0.143. The van der Waals surface area contributed by atoms with Gasteiger partial charge in [-0.25, -0.2) is 4.79 Å². The van der Waals surface area contributed by atoms with Gasteiger partial charge < -0.3 is 26.2 Å². The molecule has 4 N–H and O–H groups in total. The minimum absolute atomic E-state index is 0.0156. The van der Waals surface area contributed by atoms with Gasteiger partial charge in [-0.1, -0.05) is 37.8 Å². The Balaban J connectivity index is 0.00000169. The molecule has 1 heterocycles. The molecule has 246 valence electrons. The molecule has 2 bridgehead atoms. The van der Waals surface area contributed by atoms with E-state index in [-0.39, 0.29) is 42.2 Å². The maximum absolute atomic E-state index is 14.0. The number of carbonyl (C=O) groups is 5. The van der Waals surface area contributed by atoms with Crippen LogP contribution in [-0.2, 0) is 19.2 Å². The molecule has 44 heavy (non-hydrogen) atoms. The average molecular weight is 655 g/mol. The number of hydrogen-bond acceptors (Lipinski definition) is 5. The molecule has 3 saturated carbocycles. The SMILES string of the molecule is C=CCCC(NC(=O)C1CCCN1C(=O)C(NC(=O)NC1CC2CCC1C2)C1CCCCC1)C(=O)C(=O)NCC=C.ClCCl. The van der Waals surface area contributed by atoms with Crippen LogP contribution in [0.15, 0.2) is 25.3 Å². The summed E-state index contributed by atoms with van der Waals surface area (Å²) in [6.07, 6.45) is 14.3. The highest BCUT2D eigenvalue weighted by atomic mass is 35.5. The second-order valence-electron chi connectivity index (χ2n) is 12.4. The smallest absolute Gasteiger partial charge is 0.315 e. The summed E-state index contributed by atoms with van der Waals surface area (Å²) in [6.45, 7) is 7.76. The number of hydrogen-bond donors (Lipinski definition) is 4. The zero-order valence-electron chi connectivity index (χ0n) is 25.7. The molecular weight excluding hydrogens is 605 g/mol. The second kappa shape index (κ2) is 18.4. The molecule has 10 nitrogen and oxygen atoms in total. The van der Waals surface area contributed by atoms with Gasteiger partial charge in [-0.15, -0.1) is 36.4 Å². The Hall–Kier alpha value is -2.59. The van der Waals surface area contributed by atoms with Gasteiger partial charge in [-0.05, 0) is 75.5 Å². The molecule has 0 aromatic heterocycles. The largest absolute Gasteiger partial charge is 0.346 e. The molecule has 12 heteroatoms. The summed E-state index contributed by atoms with van der Waals surface area (Å²) in [4.78, 5) is 67.4. The Morgan fingerprint density at radius 1 is 0.886 bits per heavy atom. The normalized spacial score (nSPS) is 25.5. The van der Waals surface area contributed by atoms with E-state index in [0.29, 0.717) is 37.6 Å². The Kier molecular flexibility index (Phi) is 15.0. The molecule has 6 unspecified atom stereocenters. The number of nitrogens with zero attached hydrogens (tertiary/aromatic N) is 1. The summed E-state index contributed by atoms with van der Waals surface area (Å²) in [7, 11) is 0. The van der Waals surface area contributed by atoms with Crippen LogP contribution in [0.3, 0.4) is 0 Å². The number of amides is 5.